The zero-order valence-corrected chi connectivity index (χ0v) is 17.3. The van der Waals surface area contributed by atoms with Crippen LogP contribution in [0, 0.1) is 0 Å². The number of para-hydroxylation sites is 1. The molecule has 0 saturated carbocycles. The molecule has 0 unspecified atom stereocenters. The number of carbonyl (C=O) groups excluding carboxylic acids is 3. The lowest BCUT2D eigenvalue weighted by molar-refractivity contribution is -0.122. The number of furan rings is 1. The first-order valence-corrected chi connectivity index (χ1v) is 10.00. The molecule has 3 heterocycles. The SMILES string of the molecule is CC(=O)N1C(=O)C(=Cc2ccc(C=C3C(=O)Nc4cc(C(=O)O)ccc43)o2)c2ccccc21. The Morgan fingerprint density at radius 2 is 1.64 bits per heavy atom. The maximum atomic E-state index is 12.8. The predicted octanol–water partition coefficient (Wildman–Crippen LogP) is 3.90. The van der Waals surface area contributed by atoms with Crippen molar-refractivity contribution in [1.29, 1.82) is 0 Å². The number of nitrogens with zero attached hydrogens (tertiary/aromatic N) is 1. The molecule has 5 rings (SSSR count). The summed E-state index contributed by atoms with van der Waals surface area (Å²) < 4.78 is 5.81. The molecule has 1 aromatic heterocycles. The van der Waals surface area contributed by atoms with Gasteiger partial charge >= 0.3 is 5.97 Å². The minimum absolute atomic E-state index is 0.0725. The van der Waals surface area contributed by atoms with Crippen LogP contribution >= 0.6 is 0 Å². The molecule has 2 aromatic carbocycles. The van der Waals surface area contributed by atoms with E-state index < -0.39 is 11.9 Å². The number of anilines is 2. The molecular weight excluding hydrogens is 424 g/mol. The normalized spacial score (nSPS) is 16.8. The number of hydrogen-bond donors (Lipinski definition) is 2. The standard InChI is InChI=1S/C25H16N2O6/c1-13(28)27-22-5-3-2-4-18(22)20(24(27)30)12-16-8-7-15(33-16)11-19-17-9-6-14(25(31)32)10-21(17)26-23(19)29/h2-12H,1H3,(H,26,29)(H,31,32). The van der Waals surface area contributed by atoms with Gasteiger partial charge < -0.3 is 14.8 Å². The monoisotopic (exact) mass is 440 g/mol. The number of carbonyl (C=O) groups is 4. The smallest absolute Gasteiger partial charge is 0.335 e. The van der Waals surface area contributed by atoms with Crippen molar-refractivity contribution in [3.8, 4) is 0 Å². The highest BCUT2D eigenvalue weighted by molar-refractivity contribution is 6.42. The molecule has 3 aromatic rings. The third kappa shape index (κ3) is 3.34. The van der Waals surface area contributed by atoms with E-state index in [0.29, 0.717) is 45.2 Å². The Morgan fingerprint density at radius 3 is 2.33 bits per heavy atom. The first-order valence-electron chi connectivity index (χ1n) is 10.00. The van der Waals surface area contributed by atoms with Gasteiger partial charge in [0.2, 0.25) is 5.91 Å². The number of amides is 3. The molecule has 0 radical (unpaired) electrons. The van der Waals surface area contributed by atoms with E-state index in [0.717, 1.165) is 4.90 Å². The average Bonchev–Trinajstić information content (AvgIpc) is 3.43. The molecule has 2 aliphatic heterocycles. The molecule has 2 N–H and O–H groups in total. The minimum Gasteiger partial charge on any atom is -0.478 e. The Morgan fingerprint density at radius 1 is 0.939 bits per heavy atom. The largest absolute Gasteiger partial charge is 0.478 e. The van der Waals surface area contributed by atoms with Crippen LogP contribution in [-0.4, -0.2) is 28.8 Å². The second-order valence-electron chi connectivity index (χ2n) is 7.55. The van der Waals surface area contributed by atoms with Crippen molar-refractivity contribution in [2.45, 2.75) is 6.92 Å². The molecule has 0 saturated heterocycles. The van der Waals surface area contributed by atoms with Crippen LogP contribution < -0.4 is 10.2 Å². The number of aromatic carboxylic acids is 1. The molecule has 8 nitrogen and oxygen atoms in total. The fraction of sp³-hybridized carbons (Fsp3) is 0.0400. The van der Waals surface area contributed by atoms with Gasteiger partial charge in [0.15, 0.2) is 0 Å². The van der Waals surface area contributed by atoms with Gasteiger partial charge in [-0.1, -0.05) is 24.3 Å². The summed E-state index contributed by atoms with van der Waals surface area (Å²) in [6.07, 6.45) is 3.11. The molecule has 0 fully saturated rings. The Hall–Kier alpha value is -4.72. The molecule has 0 aliphatic carbocycles. The summed E-state index contributed by atoms with van der Waals surface area (Å²) in [5.74, 6) is -1.51. The lowest BCUT2D eigenvalue weighted by atomic mass is 10.0. The van der Waals surface area contributed by atoms with Gasteiger partial charge in [0, 0.05) is 23.7 Å². The summed E-state index contributed by atoms with van der Waals surface area (Å²) >= 11 is 0. The van der Waals surface area contributed by atoms with Gasteiger partial charge in [-0.3, -0.25) is 14.4 Å². The quantitative estimate of drug-likeness (QED) is 0.597. The molecule has 3 amide bonds. The Balaban J connectivity index is 1.49. The van der Waals surface area contributed by atoms with E-state index in [-0.39, 0.29) is 17.4 Å². The van der Waals surface area contributed by atoms with Gasteiger partial charge in [0.05, 0.1) is 22.4 Å². The van der Waals surface area contributed by atoms with Crippen molar-refractivity contribution >= 4 is 58.4 Å². The van der Waals surface area contributed by atoms with Gasteiger partial charge in [-0.05, 0) is 42.5 Å². The summed E-state index contributed by atoms with van der Waals surface area (Å²) in [7, 11) is 0. The van der Waals surface area contributed by atoms with E-state index in [2.05, 4.69) is 5.32 Å². The van der Waals surface area contributed by atoms with E-state index in [4.69, 9.17) is 9.52 Å². The molecule has 2 aliphatic rings. The van der Waals surface area contributed by atoms with Crippen molar-refractivity contribution in [2.75, 3.05) is 10.2 Å². The molecular formula is C25H16N2O6. The summed E-state index contributed by atoms with van der Waals surface area (Å²) in [6.45, 7) is 1.33. The molecule has 0 spiro atoms. The molecule has 162 valence electrons. The van der Waals surface area contributed by atoms with Crippen LogP contribution in [0.15, 0.2) is 59.0 Å². The highest BCUT2D eigenvalue weighted by atomic mass is 16.4. The van der Waals surface area contributed by atoms with Crippen molar-refractivity contribution in [2.24, 2.45) is 0 Å². The van der Waals surface area contributed by atoms with Gasteiger partial charge in [-0.2, -0.15) is 0 Å². The first kappa shape index (κ1) is 20.2. The molecule has 0 bridgehead atoms. The highest BCUT2D eigenvalue weighted by Gasteiger charge is 2.35. The summed E-state index contributed by atoms with van der Waals surface area (Å²) in [5, 5.41) is 11.8. The van der Waals surface area contributed by atoms with Crippen LogP contribution in [0.25, 0.3) is 23.3 Å². The third-order valence-corrected chi connectivity index (χ3v) is 5.45. The highest BCUT2D eigenvalue weighted by Crippen LogP contribution is 2.38. The summed E-state index contributed by atoms with van der Waals surface area (Å²) in [6, 6.07) is 14.7. The van der Waals surface area contributed by atoms with Crippen molar-refractivity contribution in [3.05, 3.63) is 82.8 Å². The van der Waals surface area contributed by atoms with Crippen LogP contribution in [0.4, 0.5) is 11.4 Å². The minimum atomic E-state index is -1.08. The summed E-state index contributed by atoms with van der Waals surface area (Å²) in [5.41, 5.74) is 2.88. The number of nitrogens with one attached hydrogen (secondary N) is 1. The molecule has 33 heavy (non-hydrogen) atoms. The van der Waals surface area contributed by atoms with Gasteiger partial charge in [0.1, 0.15) is 11.5 Å². The maximum absolute atomic E-state index is 12.8. The fourth-order valence-corrected chi connectivity index (χ4v) is 3.97. The van der Waals surface area contributed by atoms with Gasteiger partial charge in [-0.25, -0.2) is 9.69 Å². The fourth-order valence-electron chi connectivity index (χ4n) is 3.97. The maximum Gasteiger partial charge on any atom is 0.335 e. The third-order valence-electron chi connectivity index (χ3n) is 5.45. The van der Waals surface area contributed by atoms with E-state index in [1.807, 2.05) is 0 Å². The number of hydrogen-bond acceptors (Lipinski definition) is 5. The lowest BCUT2D eigenvalue weighted by Gasteiger charge is -2.11. The molecule has 0 atom stereocenters. The van der Waals surface area contributed by atoms with Gasteiger partial charge in [-0.15, -0.1) is 0 Å². The Kier molecular flexibility index (Phi) is 4.56. The second kappa shape index (κ2) is 7.45. The number of carboxylic acids is 1. The zero-order chi connectivity index (χ0) is 23.3. The number of rotatable bonds is 3. The number of benzene rings is 2. The van der Waals surface area contributed by atoms with E-state index in [9.17, 15) is 19.2 Å². The molecule has 8 heteroatoms. The van der Waals surface area contributed by atoms with Gasteiger partial charge in [0.25, 0.3) is 11.8 Å². The topological polar surface area (TPSA) is 117 Å². The Bertz CT molecular complexity index is 1440. The number of fused-ring (bicyclic) bond motifs is 2. The van der Waals surface area contributed by atoms with Crippen molar-refractivity contribution in [1.82, 2.24) is 0 Å². The number of imide groups is 1. The lowest BCUT2D eigenvalue weighted by Crippen LogP contribution is -2.30. The second-order valence-corrected chi connectivity index (χ2v) is 7.55. The van der Waals surface area contributed by atoms with Crippen LogP contribution in [0.2, 0.25) is 0 Å². The van der Waals surface area contributed by atoms with Crippen molar-refractivity contribution < 1.29 is 28.7 Å². The van der Waals surface area contributed by atoms with E-state index in [1.54, 1.807) is 54.6 Å². The van der Waals surface area contributed by atoms with Crippen LogP contribution in [-0.2, 0) is 14.4 Å². The van der Waals surface area contributed by atoms with E-state index >= 15 is 0 Å². The zero-order valence-electron chi connectivity index (χ0n) is 17.3. The predicted molar refractivity (Wildman–Crippen MR) is 121 cm³/mol. The summed E-state index contributed by atoms with van der Waals surface area (Å²) in [4.78, 5) is 49.5. The average molecular weight is 440 g/mol. The van der Waals surface area contributed by atoms with Crippen LogP contribution in [0.1, 0.15) is 39.9 Å². The van der Waals surface area contributed by atoms with Crippen LogP contribution in [0.5, 0.6) is 0 Å². The van der Waals surface area contributed by atoms with Crippen molar-refractivity contribution in [3.63, 3.8) is 0 Å². The van der Waals surface area contributed by atoms with E-state index in [1.165, 1.54) is 19.1 Å². The first-order chi connectivity index (χ1) is 15.8. The van der Waals surface area contributed by atoms with Crippen LogP contribution in [0.3, 0.4) is 0 Å². The Labute approximate surface area is 187 Å². The number of carboxylic acid groups (broad SMARTS) is 1.